The molecule has 0 amide bonds. The average Bonchev–Trinajstić information content (AvgIpc) is 2.68. The van der Waals surface area contributed by atoms with Crippen LogP contribution in [0.2, 0.25) is 0 Å². The standard InChI is InChI=1S/C22H15NO2/c24-22(18-13-12-16-7-1-2-8-17(16)15-18)25-21-11-4-3-9-19(21)20-10-5-6-14-23-20/h1-15H. The lowest BCUT2D eigenvalue weighted by Crippen LogP contribution is -2.09. The minimum Gasteiger partial charge on any atom is -0.422 e. The zero-order chi connectivity index (χ0) is 17.1. The predicted molar refractivity (Wildman–Crippen MR) is 98.6 cm³/mol. The summed E-state index contributed by atoms with van der Waals surface area (Å²) in [5.74, 6) is 0.119. The molecular formula is C22H15NO2. The summed E-state index contributed by atoms with van der Waals surface area (Å²) in [4.78, 5) is 16.9. The smallest absolute Gasteiger partial charge is 0.343 e. The number of aromatic nitrogens is 1. The van der Waals surface area contributed by atoms with Gasteiger partial charge < -0.3 is 4.74 Å². The molecule has 0 bridgehead atoms. The van der Waals surface area contributed by atoms with E-state index in [-0.39, 0.29) is 5.97 Å². The molecule has 120 valence electrons. The fourth-order valence-electron chi connectivity index (χ4n) is 2.76. The van der Waals surface area contributed by atoms with Crippen molar-refractivity contribution >= 4 is 16.7 Å². The molecule has 0 atom stereocenters. The van der Waals surface area contributed by atoms with Crippen molar-refractivity contribution in [2.75, 3.05) is 0 Å². The molecule has 0 unspecified atom stereocenters. The average molecular weight is 325 g/mol. The van der Waals surface area contributed by atoms with Gasteiger partial charge in [0.2, 0.25) is 0 Å². The summed E-state index contributed by atoms with van der Waals surface area (Å²) in [6.45, 7) is 0. The molecule has 0 saturated carbocycles. The van der Waals surface area contributed by atoms with Gasteiger partial charge in [0, 0.05) is 11.8 Å². The van der Waals surface area contributed by atoms with Crippen LogP contribution in [0.25, 0.3) is 22.0 Å². The van der Waals surface area contributed by atoms with Gasteiger partial charge in [-0.05, 0) is 47.2 Å². The molecule has 3 nitrogen and oxygen atoms in total. The third-order valence-corrected chi connectivity index (χ3v) is 4.02. The second kappa shape index (κ2) is 6.57. The van der Waals surface area contributed by atoms with Crippen molar-refractivity contribution in [3.8, 4) is 17.0 Å². The fourth-order valence-corrected chi connectivity index (χ4v) is 2.76. The first kappa shape index (κ1) is 15.1. The van der Waals surface area contributed by atoms with Crippen molar-refractivity contribution in [2.24, 2.45) is 0 Å². The number of hydrogen-bond donors (Lipinski definition) is 0. The summed E-state index contributed by atoms with van der Waals surface area (Å²) in [6.07, 6.45) is 1.72. The van der Waals surface area contributed by atoms with Crippen molar-refractivity contribution in [1.29, 1.82) is 0 Å². The highest BCUT2D eigenvalue weighted by Crippen LogP contribution is 2.29. The molecule has 0 radical (unpaired) electrons. The molecule has 4 rings (SSSR count). The van der Waals surface area contributed by atoms with E-state index in [4.69, 9.17) is 4.74 Å². The Morgan fingerprint density at radius 2 is 1.52 bits per heavy atom. The van der Waals surface area contributed by atoms with Crippen molar-refractivity contribution in [3.63, 3.8) is 0 Å². The summed E-state index contributed by atoms with van der Waals surface area (Å²) < 4.78 is 5.66. The van der Waals surface area contributed by atoms with Crippen molar-refractivity contribution in [1.82, 2.24) is 4.98 Å². The van der Waals surface area contributed by atoms with Crippen LogP contribution < -0.4 is 4.74 Å². The number of ether oxygens (including phenoxy) is 1. The number of fused-ring (bicyclic) bond motifs is 1. The Hall–Kier alpha value is -3.46. The van der Waals surface area contributed by atoms with E-state index in [9.17, 15) is 4.79 Å². The van der Waals surface area contributed by atoms with E-state index in [1.165, 1.54) is 0 Å². The van der Waals surface area contributed by atoms with Gasteiger partial charge in [0.05, 0.1) is 11.3 Å². The van der Waals surface area contributed by atoms with Crippen molar-refractivity contribution in [2.45, 2.75) is 0 Å². The van der Waals surface area contributed by atoms with E-state index in [1.54, 1.807) is 18.3 Å². The molecule has 25 heavy (non-hydrogen) atoms. The lowest BCUT2D eigenvalue weighted by atomic mass is 10.1. The Bertz CT molecular complexity index is 1040. The quantitative estimate of drug-likeness (QED) is 0.387. The number of esters is 1. The number of benzene rings is 3. The summed E-state index contributed by atoms with van der Waals surface area (Å²) in [6, 6.07) is 26.6. The van der Waals surface area contributed by atoms with Crippen LogP contribution in [0.4, 0.5) is 0 Å². The SMILES string of the molecule is O=C(Oc1ccccc1-c1ccccn1)c1ccc2ccccc2c1. The molecule has 1 heterocycles. The maximum Gasteiger partial charge on any atom is 0.343 e. The van der Waals surface area contributed by atoms with Crippen molar-refractivity contribution < 1.29 is 9.53 Å². The molecule has 0 aliphatic heterocycles. The number of carbonyl (C=O) groups is 1. The highest BCUT2D eigenvalue weighted by molar-refractivity contribution is 5.97. The Labute approximate surface area is 145 Å². The monoisotopic (exact) mass is 325 g/mol. The lowest BCUT2D eigenvalue weighted by Gasteiger charge is -2.10. The molecule has 0 N–H and O–H groups in total. The van der Waals surface area contributed by atoms with E-state index in [0.29, 0.717) is 11.3 Å². The third-order valence-electron chi connectivity index (χ3n) is 4.02. The maximum absolute atomic E-state index is 12.6. The van der Waals surface area contributed by atoms with Gasteiger partial charge in [0.15, 0.2) is 0 Å². The van der Waals surface area contributed by atoms with Gasteiger partial charge in [-0.15, -0.1) is 0 Å². The molecule has 0 saturated heterocycles. The normalized spacial score (nSPS) is 10.6. The minimum absolute atomic E-state index is 0.380. The van der Waals surface area contributed by atoms with Gasteiger partial charge in [0.1, 0.15) is 5.75 Å². The molecule has 0 spiro atoms. The van der Waals surface area contributed by atoms with Gasteiger partial charge in [0.25, 0.3) is 0 Å². The largest absolute Gasteiger partial charge is 0.422 e. The zero-order valence-electron chi connectivity index (χ0n) is 13.4. The Morgan fingerprint density at radius 3 is 2.36 bits per heavy atom. The summed E-state index contributed by atoms with van der Waals surface area (Å²) in [5.41, 5.74) is 2.08. The van der Waals surface area contributed by atoms with Crippen LogP contribution in [-0.4, -0.2) is 11.0 Å². The fraction of sp³-hybridized carbons (Fsp3) is 0. The summed E-state index contributed by atoms with van der Waals surface area (Å²) in [5, 5.41) is 2.10. The van der Waals surface area contributed by atoms with Crippen LogP contribution in [0.5, 0.6) is 5.75 Å². The van der Waals surface area contributed by atoms with Gasteiger partial charge in [-0.25, -0.2) is 4.79 Å². The lowest BCUT2D eigenvalue weighted by molar-refractivity contribution is 0.0736. The topological polar surface area (TPSA) is 39.2 Å². The molecule has 0 fully saturated rings. The van der Waals surface area contributed by atoms with Crippen LogP contribution in [-0.2, 0) is 0 Å². The minimum atomic E-state index is -0.380. The summed E-state index contributed by atoms with van der Waals surface area (Å²) in [7, 11) is 0. The van der Waals surface area contributed by atoms with E-state index in [2.05, 4.69) is 4.98 Å². The van der Waals surface area contributed by atoms with E-state index < -0.39 is 0 Å². The zero-order valence-corrected chi connectivity index (χ0v) is 13.4. The number of nitrogens with zero attached hydrogens (tertiary/aromatic N) is 1. The first-order valence-corrected chi connectivity index (χ1v) is 8.03. The van der Waals surface area contributed by atoms with E-state index >= 15 is 0 Å². The number of hydrogen-bond acceptors (Lipinski definition) is 3. The predicted octanol–water partition coefficient (Wildman–Crippen LogP) is 5.12. The highest BCUT2D eigenvalue weighted by atomic mass is 16.5. The molecule has 3 aromatic carbocycles. The van der Waals surface area contributed by atoms with E-state index in [1.807, 2.05) is 72.8 Å². The second-order valence-corrected chi connectivity index (χ2v) is 5.66. The van der Waals surface area contributed by atoms with Gasteiger partial charge in [-0.3, -0.25) is 4.98 Å². The molecule has 4 aromatic rings. The van der Waals surface area contributed by atoms with Crippen LogP contribution >= 0.6 is 0 Å². The molecule has 0 aliphatic carbocycles. The van der Waals surface area contributed by atoms with Gasteiger partial charge in [-0.1, -0.05) is 48.5 Å². The molecule has 3 heteroatoms. The number of carbonyl (C=O) groups excluding carboxylic acids is 1. The van der Waals surface area contributed by atoms with Crippen LogP contribution in [0.15, 0.2) is 91.1 Å². The first-order valence-electron chi connectivity index (χ1n) is 8.03. The number of rotatable bonds is 3. The third kappa shape index (κ3) is 3.12. The van der Waals surface area contributed by atoms with Crippen LogP contribution in [0, 0.1) is 0 Å². The second-order valence-electron chi connectivity index (χ2n) is 5.66. The summed E-state index contributed by atoms with van der Waals surface area (Å²) >= 11 is 0. The number of pyridine rings is 1. The highest BCUT2D eigenvalue weighted by Gasteiger charge is 2.13. The Kier molecular flexibility index (Phi) is 3.97. The van der Waals surface area contributed by atoms with Gasteiger partial charge in [-0.2, -0.15) is 0 Å². The van der Waals surface area contributed by atoms with Crippen LogP contribution in [0.3, 0.4) is 0 Å². The van der Waals surface area contributed by atoms with E-state index in [0.717, 1.165) is 22.0 Å². The number of para-hydroxylation sites is 1. The molecule has 0 aliphatic rings. The Morgan fingerprint density at radius 1 is 0.760 bits per heavy atom. The van der Waals surface area contributed by atoms with Crippen molar-refractivity contribution in [3.05, 3.63) is 96.7 Å². The Balaban J connectivity index is 1.67. The van der Waals surface area contributed by atoms with Crippen LogP contribution in [0.1, 0.15) is 10.4 Å². The molecule has 1 aromatic heterocycles. The molecular weight excluding hydrogens is 310 g/mol. The first-order chi connectivity index (χ1) is 12.3. The van der Waals surface area contributed by atoms with Gasteiger partial charge >= 0.3 is 5.97 Å². The maximum atomic E-state index is 12.6.